The van der Waals surface area contributed by atoms with Crippen molar-refractivity contribution in [2.24, 2.45) is 0 Å². The van der Waals surface area contributed by atoms with E-state index in [1.54, 1.807) is 14.2 Å². The van der Waals surface area contributed by atoms with E-state index >= 15 is 0 Å². The van der Waals surface area contributed by atoms with Gasteiger partial charge in [-0.15, -0.1) is 0 Å². The molecule has 2 aromatic carbocycles. The molecule has 4 rings (SSSR count). The Hall–Kier alpha value is -2.99. The third kappa shape index (κ3) is 3.87. The third-order valence-corrected chi connectivity index (χ3v) is 6.10. The number of aryl methyl sites for hydroxylation is 2. The molecule has 1 N–H and O–H groups in total. The molecule has 2 heterocycles. The molecule has 0 radical (unpaired) electrons. The summed E-state index contributed by atoms with van der Waals surface area (Å²) in [6.07, 6.45) is 0. The molecule has 0 aliphatic carbocycles. The Morgan fingerprint density at radius 3 is 2.47 bits per heavy atom. The number of fused-ring (bicyclic) bond motifs is 1. The molecule has 1 aliphatic rings. The van der Waals surface area contributed by atoms with Gasteiger partial charge in [0.1, 0.15) is 11.5 Å². The monoisotopic (exact) mass is 407 g/mol. The SMILES string of the molecule is COc1ccc(OC)c(CN2CCN(C(=O)c3ccc4[nH]c(C)c(C)c4c3)CC2)c1. The lowest BCUT2D eigenvalue weighted by Crippen LogP contribution is -2.48. The standard InChI is InChI=1S/C24H29N3O3/c1-16-17(2)25-22-7-5-18(14-21(16)22)24(28)27-11-9-26(10-12-27)15-19-13-20(29-3)6-8-23(19)30-4/h5-8,13-14,25H,9-12,15H2,1-4H3. The highest BCUT2D eigenvalue weighted by atomic mass is 16.5. The number of ether oxygens (including phenoxy) is 2. The first-order chi connectivity index (χ1) is 14.5. The summed E-state index contributed by atoms with van der Waals surface area (Å²) in [6, 6.07) is 11.8. The second kappa shape index (κ2) is 8.40. The normalized spacial score (nSPS) is 14.9. The zero-order chi connectivity index (χ0) is 21.3. The minimum Gasteiger partial charge on any atom is -0.497 e. The number of carbonyl (C=O) groups is 1. The van der Waals surface area contributed by atoms with Gasteiger partial charge in [0.05, 0.1) is 14.2 Å². The van der Waals surface area contributed by atoms with Gasteiger partial charge in [-0.3, -0.25) is 9.69 Å². The van der Waals surface area contributed by atoms with Gasteiger partial charge in [-0.05, 0) is 55.8 Å². The lowest BCUT2D eigenvalue weighted by molar-refractivity contribution is 0.0627. The van der Waals surface area contributed by atoms with Gasteiger partial charge in [0.15, 0.2) is 0 Å². The average Bonchev–Trinajstić information content (AvgIpc) is 3.06. The molecular formula is C24H29N3O3. The van der Waals surface area contributed by atoms with E-state index in [1.807, 2.05) is 41.3 Å². The first-order valence-electron chi connectivity index (χ1n) is 10.3. The molecule has 1 aromatic heterocycles. The summed E-state index contributed by atoms with van der Waals surface area (Å²) in [5.41, 5.74) is 5.29. The molecular weight excluding hydrogens is 378 g/mol. The van der Waals surface area contributed by atoms with Crippen LogP contribution in [-0.2, 0) is 6.54 Å². The molecule has 6 heteroatoms. The predicted octanol–water partition coefficient (Wildman–Crippen LogP) is 3.76. The quantitative estimate of drug-likeness (QED) is 0.700. The highest BCUT2D eigenvalue weighted by molar-refractivity contribution is 5.99. The second-order valence-electron chi connectivity index (χ2n) is 7.88. The minimum absolute atomic E-state index is 0.105. The van der Waals surface area contributed by atoms with Crippen molar-refractivity contribution in [1.82, 2.24) is 14.8 Å². The second-order valence-corrected chi connectivity index (χ2v) is 7.88. The van der Waals surface area contributed by atoms with Crippen LogP contribution in [0.4, 0.5) is 0 Å². The van der Waals surface area contributed by atoms with Crippen LogP contribution in [-0.4, -0.2) is 61.1 Å². The van der Waals surface area contributed by atoms with Gasteiger partial charge in [0, 0.05) is 60.4 Å². The minimum atomic E-state index is 0.105. The van der Waals surface area contributed by atoms with Gasteiger partial charge in [-0.1, -0.05) is 0 Å². The molecule has 1 aliphatic heterocycles. The number of carbonyl (C=O) groups excluding carboxylic acids is 1. The van der Waals surface area contributed by atoms with E-state index in [-0.39, 0.29) is 5.91 Å². The number of piperazine rings is 1. The molecule has 0 atom stereocenters. The molecule has 158 valence electrons. The van der Waals surface area contributed by atoms with E-state index in [1.165, 1.54) is 5.56 Å². The van der Waals surface area contributed by atoms with Crippen molar-refractivity contribution in [1.29, 1.82) is 0 Å². The Balaban J connectivity index is 1.42. The number of benzene rings is 2. The number of amides is 1. The molecule has 0 spiro atoms. The zero-order valence-electron chi connectivity index (χ0n) is 18.1. The number of aromatic amines is 1. The number of nitrogens with zero attached hydrogens (tertiary/aromatic N) is 2. The topological polar surface area (TPSA) is 57.8 Å². The maximum atomic E-state index is 13.1. The molecule has 0 saturated carbocycles. The lowest BCUT2D eigenvalue weighted by Gasteiger charge is -2.35. The number of aromatic nitrogens is 1. The van der Waals surface area contributed by atoms with Crippen LogP contribution in [0.1, 0.15) is 27.2 Å². The maximum absolute atomic E-state index is 13.1. The van der Waals surface area contributed by atoms with Crippen LogP contribution in [0.2, 0.25) is 0 Å². The van der Waals surface area contributed by atoms with Gasteiger partial charge in [0.2, 0.25) is 0 Å². The van der Waals surface area contributed by atoms with Crippen molar-refractivity contribution in [3.63, 3.8) is 0 Å². The molecule has 6 nitrogen and oxygen atoms in total. The molecule has 1 fully saturated rings. The fourth-order valence-electron chi connectivity index (χ4n) is 4.13. The molecule has 0 bridgehead atoms. The van der Waals surface area contributed by atoms with Crippen molar-refractivity contribution in [2.45, 2.75) is 20.4 Å². The summed E-state index contributed by atoms with van der Waals surface area (Å²) >= 11 is 0. The Labute approximate surface area is 177 Å². The average molecular weight is 408 g/mol. The molecule has 0 unspecified atom stereocenters. The fraction of sp³-hybridized carbons (Fsp3) is 0.375. The number of nitrogens with one attached hydrogen (secondary N) is 1. The molecule has 3 aromatic rings. The van der Waals surface area contributed by atoms with Crippen molar-refractivity contribution >= 4 is 16.8 Å². The Bertz CT molecular complexity index is 1060. The Morgan fingerprint density at radius 2 is 1.77 bits per heavy atom. The Kier molecular flexibility index (Phi) is 5.68. The Morgan fingerprint density at radius 1 is 1.00 bits per heavy atom. The smallest absolute Gasteiger partial charge is 0.253 e. The van der Waals surface area contributed by atoms with Gasteiger partial charge >= 0.3 is 0 Å². The van der Waals surface area contributed by atoms with E-state index in [2.05, 4.69) is 23.7 Å². The number of methoxy groups -OCH3 is 2. The van der Waals surface area contributed by atoms with Crippen LogP contribution >= 0.6 is 0 Å². The van der Waals surface area contributed by atoms with Crippen LogP contribution in [0.25, 0.3) is 10.9 Å². The summed E-state index contributed by atoms with van der Waals surface area (Å²) in [5, 5.41) is 1.13. The first-order valence-corrected chi connectivity index (χ1v) is 10.3. The summed E-state index contributed by atoms with van der Waals surface area (Å²) in [4.78, 5) is 20.7. The summed E-state index contributed by atoms with van der Waals surface area (Å²) in [6.45, 7) is 8.02. The lowest BCUT2D eigenvalue weighted by atomic mass is 10.1. The van der Waals surface area contributed by atoms with E-state index < -0.39 is 0 Å². The number of hydrogen-bond donors (Lipinski definition) is 1. The van der Waals surface area contributed by atoms with Crippen LogP contribution < -0.4 is 9.47 Å². The van der Waals surface area contributed by atoms with Crippen LogP contribution in [0.15, 0.2) is 36.4 Å². The third-order valence-electron chi connectivity index (χ3n) is 6.10. The van der Waals surface area contributed by atoms with Crippen LogP contribution in [0.5, 0.6) is 11.5 Å². The van der Waals surface area contributed by atoms with Gasteiger partial charge in [-0.25, -0.2) is 0 Å². The predicted molar refractivity (Wildman–Crippen MR) is 118 cm³/mol. The van der Waals surface area contributed by atoms with Crippen molar-refractivity contribution < 1.29 is 14.3 Å². The maximum Gasteiger partial charge on any atom is 0.253 e. The van der Waals surface area contributed by atoms with E-state index in [0.717, 1.165) is 58.9 Å². The van der Waals surface area contributed by atoms with E-state index in [9.17, 15) is 4.79 Å². The van der Waals surface area contributed by atoms with Crippen LogP contribution in [0, 0.1) is 13.8 Å². The van der Waals surface area contributed by atoms with Gasteiger partial charge < -0.3 is 19.4 Å². The number of rotatable bonds is 5. The van der Waals surface area contributed by atoms with Crippen molar-refractivity contribution in [3.05, 3.63) is 58.8 Å². The first kappa shape index (κ1) is 20.3. The highest BCUT2D eigenvalue weighted by Gasteiger charge is 2.23. The van der Waals surface area contributed by atoms with Gasteiger partial charge in [-0.2, -0.15) is 0 Å². The fourth-order valence-corrected chi connectivity index (χ4v) is 4.13. The summed E-state index contributed by atoms with van der Waals surface area (Å²) < 4.78 is 10.9. The van der Waals surface area contributed by atoms with E-state index in [0.29, 0.717) is 13.1 Å². The number of hydrogen-bond acceptors (Lipinski definition) is 4. The molecule has 1 amide bonds. The van der Waals surface area contributed by atoms with Crippen molar-refractivity contribution in [2.75, 3.05) is 40.4 Å². The molecule has 1 saturated heterocycles. The van der Waals surface area contributed by atoms with Crippen molar-refractivity contribution in [3.8, 4) is 11.5 Å². The number of H-pyrrole nitrogens is 1. The summed E-state index contributed by atoms with van der Waals surface area (Å²) in [7, 11) is 3.36. The highest BCUT2D eigenvalue weighted by Crippen LogP contribution is 2.26. The molecule has 30 heavy (non-hydrogen) atoms. The van der Waals surface area contributed by atoms with Crippen LogP contribution in [0.3, 0.4) is 0 Å². The summed E-state index contributed by atoms with van der Waals surface area (Å²) in [5.74, 6) is 1.79. The van der Waals surface area contributed by atoms with Gasteiger partial charge in [0.25, 0.3) is 5.91 Å². The largest absolute Gasteiger partial charge is 0.497 e. The van der Waals surface area contributed by atoms with E-state index in [4.69, 9.17) is 9.47 Å². The zero-order valence-corrected chi connectivity index (χ0v) is 18.1.